The smallest absolute Gasteiger partial charge is 0.336 e. The van der Waals surface area contributed by atoms with Crippen LogP contribution in [0.5, 0.6) is 0 Å². The normalized spacial score (nSPS) is 33.3. The molecule has 0 spiro atoms. The Kier molecular flexibility index (Phi) is 3.55. The number of hydrogen-bond donors (Lipinski definition) is 1. The molecule has 4 bridgehead atoms. The maximum absolute atomic E-state index is 12.0. The minimum absolute atomic E-state index is 0.261. The first kappa shape index (κ1) is 15.9. The third-order valence-electron chi connectivity index (χ3n) is 6.95. The lowest BCUT2D eigenvalue weighted by atomic mass is 9.53. The number of aryl methyl sites for hydroxylation is 1. The molecule has 4 aliphatic carbocycles. The fourth-order valence-electron chi connectivity index (χ4n) is 6.27. The average molecular weight is 359 g/mol. The zero-order valence-corrected chi connectivity index (χ0v) is 15.4. The van der Waals surface area contributed by atoms with Gasteiger partial charge in [0.25, 0.3) is 0 Å². The fourth-order valence-corrected chi connectivity index (χ4v) is 6.43. The van der Waals surface area contributed by atoms with Gasteiger partial charge < -0.3 is 9.73 Å². The van der Waals surface area contributed by atoms with Crippen LogP contribution in [0.4, 0.5) is 0 Å². The summed E-state index contributed by atoms with van der Waals surface area (Å²) >= 11 is 6.33. The summed E-state index contributed by atoms with van der Waals surface area (Å²) in [5.41, 5.74) is 2.81. The van der Waals surface area contributed by atoms with Crippen LogP contribution in [0.3, 0.4) is 0 Å². The first-order chi connectivity index (χ1) is 12.0. The maximum Gasteiger partial charge on any atom is 0.336 e. The Hall–Kier alpha value is -1.32. The number of nitrogens with two attached hydrogens (primary N) is 1. The molecule has 132 valence electrons. The van der Waals surface area contributed by atoms with E-state index in [-0.39, 0.29) is 5.63 Å². The molecule has 0 unspecified atom stereocenters. The number of benzene rings is 1. The minimum Gasteiger partial charge on any atom is -0.423 e. The van der Waals surface area contributed by atoms with Crippen molar-refractivity contribution in [1.82, 2.24) is 0 Å². The van der Waals surface area contributed by atoms with Crippen molar-refractivity contribution in [1.29, 1.82) is 0 Å². The van der Waals surface area contributed by atoms with E-state index in [1.165, 1.54) is 38.5 Å². The molecule has 1 heterocycles. The highest BCUT2D eigenvalue weighted by Crippen LogP contribution is 2.54. The van der Waals surface area contributed by atoms with Crippen LogP contribution in [0.1, 0.15) is 49.7 Å². The molecular formula is C21H25ClNO2+. The van der Waals surface area contributed by atoms with Crippen LogP contribution in [-0.4, -0.2) is 5.54 Å². The highest BCUT2D eigenvalue weighted by molar-refractivity contribution is 6.32. The molecule has 0 amide bonds. The molecule has 1 aromatic carbocycles. The third-order valence-corrected chi connectivity index (χ3v) is 7.36. The van der Waals surface area contributed by atoms with Gasteiger partial charge in [0.2, 0.25) is 0 Å². The Bertz CT molecular complexity index is 865. The molecule has 0 saturated heterocycles. The standard InChI is InChI=1S/C21H24ClNO2/c1-12-2-19-17(7-18(12)22)16(6-20(24)25-19)11-23-21-8-13-3-14(9-21)5-15(4-13)10-21/h2,6-7,13-15,23H,3-5,8-11H2,1H3/p+1. The molecule has 0 aliphatic heterocycles. The Morgan fingerprint density at radius 3 is 2.40 bits per heavy atom. The lowest BCUT2D eigenvalue weighted by molar-refractivity contribution is -0.752. The predicted molar refractivity (Wildman–Crippen MR) is 98.8 cm³/mol. The molecule has 4 saturated carbocycles. The van der Waals surface area contributed by atoms with Crippen molar-refractivity contribution in [3.8, 4) is 0 Å². The zero-order chi connectivity index (χ0) is 17.2. The van der Waals surface area contributed by atoms with Gasteiger partial charge in [-0.3, -0.25) is 0 Å². The summed E-state index contributed by atoms with van der Waals surface area (Å²) < 4.78 is 5.41. The summed E-state index contributed by atoms with van der Waals surface area (Å²) in [7, 11) is 0. The summed E-state index contributed by atoms with van der Waals surface area (Å²) in [4.78, 5) is 12.0. The molecule has 4 heteroatoms. The SMILES string of the molecule is Cc1cc2oc(=O)cc(C[NH2+]C34CC5CC(CC(C5)C3)C4)c2cc1Cl. The minimum atomic E-state index is -0.261. The third kappa shape index (κ3) is 2.72. The number of hydrogen-bond acceptors (Lipinski definition) is 2. The summed E-state index contributed by atoms with van der Waals surface area (Å²) in [5.74, 6) is 2.83. The highest BCUT2D eigenvalue weighted by atomic mass is 35.5. The number of quaternary nitrogens is 1. The zero-order valence-electron chi connectivity index (χ0n) is 14.7. The van der Waals surface area contributed by atoms with E-state index in [1.54, 1.807) is 6.07 Å². The Morgan fingerprint density at radius 1 is 1.12 bits per heavy atom. The Balaban J connectivity index is 1.46. The van der Waals surface area contributed by atoms with E-state index >= 15 is 0 Å². The van der Waals surface area contributed by atoms with E-state index < -0.39 is 0 Å². The van der Waals surface area contributed by atoms with Crippen LogP contribution >= 0.6 is 11.6 Å². The lowest BCUT2D eigenvalue weighted by Crippen LogP contribution is -2.97. The second-order valence-corrected chi connectivity index (χ2v) is 9.28. The number of fused-ring (bicyclic) bond motifs is 1. The monoisotopic (exact) mass is 358 g/mol. The lowest BCUT2D eigenvalue weighted by Gasteiger charge is -2.54. The first-order valence-corrected chi connectivity index (χ1v) is 9.95. The highest BCUT2D eigenvalue weighted by Gasteiger charge is 2.53. The van der Waals surface area contributed by atoms with E-state index in [0.717, 1.165) is 45.8 Å². The summed E-state index contributed by atoms with van der Waals surface area (Å²) in [6.07, 6.45) is 8.45. The van der Waals surface area contributed by atoms with Crippen molar-refractivity contribution in [3.63, 3.8) is 0 Å². The van der Waals surface area contributed by atoms with E-state index in [9.17, 15) is 4.79 Å². The van der Waals surface area contributed by atoms with Gasteiger partial charge in [0, 0.05) is 41.3 Å². The van der Waals surface area contributed by atoms with Crippen LogP contribution in [0.15, 0.2) is 27.4 Å². The molecule has 4 aliphatic rings. The van der Waals surface area contributed by atoms with Gasteiger partial charge in [-0.15, -0.1) is 0 Å². The molecule has 2 aromatic rings. The second-order valence-electron chi connectivity index (χ2n) is 8.88. The van der Waals surface area contributed by atoms with Gasteiger partial charge in [-0.05, 0) is 61.6 Å². The Morgan fingerprint density at radius 2 is 1.76 bits per heavy atom. The summed E-state index contributed by atoms with van der Waals surface area (Å²) in [6.45, 7) is 2.78. The molecule has 0 atom stereocenters. The quantitative estimate of drug-likeness (QED) is 0.848. The van der Waals surface area contributed by atoms with Crippen LogP contribution < -0.4 is 10.9 Å². The Labute approximate surface area is 152 Å². The van der Waals surface area contributed by atoms with Crippen molar-refractivity contribution < 1.29 is 9.73 Å². The van der Waals surface area contributed by atoms with Gasteiger partial charge >= 0.3 is 5.63 Å². The molecule has 1 aromatic heterocycles. The van der Waals surface area contributed by atoms with Crippen molar-refractivity contribution >= 4 is 22.6 Å². The average Bonchev–Trinajstić information content (AvgIpc) is 2.53. The number of rotatable bonds is 3. The van der Waals surface area contributed by atoms with Crippen LogP contribution in [0.2, 0.25) is 5.02 Å². The molecule has 3 nitrogen and oxygen atoms in total. The van der Waals surface area contributed by atoms with Gasteiger partial charge in [-0.25, -0.2) is 4.79 Å². The van der Waals surface area contributed by atoms with Crippen LogP contribution in [-0.2, 0) is 6.54 Å². The molecule has 25 heavy (non-hydrogen) atoms. The first-order valence-electron chi connectivity index (χ1n) is 9.57. The van der Waals surface area contributed by atoms with E-state index in [2.05, 4.69) is 5.32 Å². The van der Waals surface area contributed by atoms with Crippen molar-refractivity contribution in [3.05, 3.63) is 44.8 Å². The van der Waals surface area contributed by atoms with E-state index in [4.69, 9.17) is 16.0 Å². The van der Waals surface area contributed by atoms with Gasteiger partial charge in [-0.2, -0.15) is 0 Å². The molecule has 2 N–H and O–H groups in total. The molecule has 0 radical (unpaired) electrons. The van der Waals surface area contributed by atoms with Crippen LogP contribution in [0.25, 0.3) is 11.0 Å². The maximum atomic E-state index is 12.0. The van der Waals surface area contributed by atoms with Crippen molar-refractivity contribution in [2.24, 2.45) is 17.8 Å². The molecule has 4 fully saturated rings. The largest absolute Gasteiger partial charge is 0.423 e. The summed E-state index contributed by atoms with van der Waals surface area (Å²) in [5, 5.41) is 4.26. The summed E-state index contributed by atoms with van der Waals surface area (Å²) in [6, 6.07) is 5.50. The topological polar surface area (TPSA) is 46.8 Å². The van der Waals surface area contributed by atoms with Gasteiger partial charge in [-0.1, -0.05) is 11.6 Å². The molecule has 6 rings (SSSR count). The van der Waals surface area contributed by atoms with E-state index in [0.29, 0.717) is 11.1 Å². The fraction of sp³-hybridized carbons (Fsp3) is 0.571. The van der Waals surface area contributed by atoms with Crippen molar-refractivity contribution in [2.45, 2.75) is 57.5 Å². The van der Waals surface area contributed by atoms with Gasteiger partial charge in [0.05, 0.1) is 5.54 Å². The van der Waals surface area contributed by atoms with Crippen molar-refractivity contribution in [2.75, 3.05) is 0 Å². The van der Waals surface area contributed by atoms with Crippen LogP contribution in [0, 0.1) is 24.7 Å². The van der Waals surface area contributed by atoms with Gasteiger partial charge in [0.1, 0.15) is 12.1 Å². The molecular weight excluding hydrogens is 334 g/mol. The number of halogens is 1. The predicted octanol–water partition coefficient (Wildman–Crippen LogP) is 3.79. The van der Waals surface area contributed by atoms with Gasteiger partial charge in [0.15, 0.2) is 0 Å². The van der Waals surface area contributed by atoms with E-state index in [1.807, 2.05) is 19.1 Å². The second kappa shape index (κ2) is 5.59.